The number of aryl methyl sites for hydroxylation is 2. The van der Waals surface area contributed by atoms with E-state index in [4.69, 9.17) is 9.15 Å². The molecule has 20 heavy (non-hydrogen) atoms. The number of rotatable bonds is 5. The number of carbonyl (C=O) groups is 1. The van der Waals surface area contributed by atoms with Crippen molar-refractivity contribution in [1.82, 2.24) is 10.3 Å². The lowest BCUT2D eigenvalue weighted by Gasteiger charge is -2.09. The van der Waals surface area contributed by atoms with Gasteiger partial charge in [0.25, 0.3) is 0 Å². The van der Waals surface area contributed by atoms with Gasteiger partial charge in [0.15, 0.2) is 5.89 Å². The molecular weight excluding hydrogens is 256 g/mol. The maximum absolute atomic E-state index is 11.9. The molecular formula is C15H18N2O3. The second kappa shape index (κ2) is 6.23. The highest BCUT2D eigenvalue weighted by Crippen LogP contribution is 2.17. The summed E-state index contributed by atoms with van der Waals surface area (Å²) in [5, 5.41) is 2.85. The van der Waals surface area contributed by atoms with E-state index in [-0.39, 0.29) is 12.3 Å². The van der Waals surface area contributed by atoms with Gasteiger partial charge >= 0.3 is 0 Å². The highest BCUT2D eigenvalue weighted by molar-refractivity contribution is 5.78. The number of oxazole rings is 1. The molecule has 0 fully saturated rings. The van der Waals surface area contributed by atoms with Crippen molar-refractivity contribution in [2.24, 2.45) is 0 Å². The Hall–Kier alpha value is -2.30. The molecule has 1 amide bonds. The minimum Gasteiger partial charge on any atom is -0.496 e. The zero-order valence-corrected chi connectivity index (χ0v) is 11.9. The van der Waals surface area contributed by atoms with Crippen LogP contribution in [0.5, 0.6) is 5.75 Å². The minimum absolute atomic E-state index is 0.102. The fourth-order valence-electron chi connectivity index (χ4n) is 1.99. The Kier molecular flexibility index (Phi) is 4.40. The number of hydrogen-bond acceptors (Lipinski definition) is 4. The molecule has 1 heterocycles. The van der Waals surface area contributed by atoms with E-state index in [1.165, 1.54) is 0 Å². The molecule has 2 rings (SSSR count). The molecule has 106 valence electrons. The molecule has 0 aliphatic rings. The molecule has 0 unspecified atom stereocenters. The summed E-state index contributed by atoms with van der Waals surface area (Å²) in [6.45, 7) is 4.03. The van der Waals surface area contributed by atoms with Gasteiger partial charge in [0.05, 0.1) is 19.2 Å². The lowest BCUT2D eigenvalue weighted by molar-refractivity contribution is -0.120. The van der Waals surface area contributed by atoms with Crippen LogP contribution < -0.4 is 10.1 Å². The molecule has 5 heteroatoms. The third-order valence-electron chi connectivity index (χ3n) is 2.99. The average Bonchev–Trinajstić information content (AvgIpc) is 2.75. The van der Waals surface area contributed by atoms with E-state index < -0.39 is 0 Å². The van der Waals surface area contributed by atoms with Crippen LogP contribution in [0.3, 0.4) is 0 Å². The van der Waals surface area contributed by atoms with Crippen molar-refractivity contribution >= 4 is 5.91 Å². The van der Waals surface area contributed by atoms with Crippen LogP contribution in [-0.2, 0) is 17.8 Å². The van der Waals surface area contributed by atoms with Gasteiger partial charge in [-0.2, -0.15) is 0 Å². The number of methoxy groups -OCH3 is 1. The molecule has 0 saturated heterocycles. The highest BCUT2D eigenvalue weighted by Gasteiger charge is 2.12. The number of nitrogens with zero attached hydrogens (tertiary/aromatic N) is 1. The first kappa shape index (κ1) is 14.1. The first-order valence-electron chi connectivity index (χ1n) is 6.41. The normalized spacial score (nSPS) is 10.3. The van der Waals surface area contributed by atoms with Gasteiger partial charge in [0, 0.05) is 19.0 Å². The van der Waals surface area contributed by atoms with Crippen molar-refractivity contribution in [3.63, 3.8) is 0 Å². The Morgan fingerprint density at radius 1 is 1.35 bits per heavy atom. The predicted molar refractivity (Wildman–Crippen MR) is 74.5 cm³/mol. The third-order valence-corrected chi connectivity index (χ3v) is 2.99. The smallest absolute Gasteiger partial charge is 0.227 e. The first-order valence-corrected chi connectivity index (χ1v) is 6.41. The Bertz CT molecular complexity index is 605. The van der Waals surface area contributed by atoms with Crippen LogP contribution in [0.15, 0.2) is 28.7 Å². The van der Waals surface area contributed by atoms with E-state index in [1.54, 1.807) is 14.0 Å². The molecule has 0 bridgehead atoms. The molecule has 0 radical (unpaired) electrons. The molecule has 1 N–H and O–H groups in total. The van der Waals surface area contributed by atoms with Crippen molar-refractivity contribution in [2.45, 2.75) is 26.8 Å². The summed E-state index contributed by atoms with van der Waals surface area (Å²) >= 11 is 0. The third kappa shape index (κ3) is 3.38. The van der Waals surface area contributed by atoms with Crippen LogP contribution in [0.2, 0.25) is 0 Å². The number of hydrogen-bond donors (Lipinski definition) is 1. The van der Waals surface area contributed by atoms with E-state index in [1.807, 2.05) is 31.2 Å². The van der Waals surface area contributed by atoms with Crippen molar-refractivity contribution in [2.75, 3.05) is 7.11 Å². The summed E-state index contributed by atoms with van der Waals surface area (Å²) in [6.07, 6.45) is 0.196. The Morgan fingerprint density at radius 3 is 2.75 bits per heavy atom. The maximum Gasteiger partial charge on any atom is 0.227 e. The molecule has 1 aromatic heterocycles. The standard InChI is InChI=1S/C15H18N2O3/c1-10-14(20-11(2)17-10)8-15(18)16-9-12-6-4-5-7-13(12)19-3/h4-7H,8-9H2,1-3H3,(H,16,18). The monoisotopic (exact) mass is 274 g/mol. The fraction of sp³-hybridized carbons (Fsp3) is 0.333. The molecule has 0 aliphatic carbocycles. The zero-order chi connectivity index (χ0) is 14.5. The number of nitrogens with one attached hydrogen (secondary N) is 1. The molecule has 5 nitrogen and oxygen atoms in total. The van der Waals surface area contributed by atoms with E-state index >= 15 is 0 Å². The number of amides is 1. The Labute approximate surface area is 118 Å². The van der Waals surface area contributed by atoms with Crippen molar-refractivity contribution in [3.05, 3.63) is 47.2 Å². The summed E-state index contributed by atoms with van der Waals surface area (Å²) in [4.78, 5) is 16.1. The second-order valence-corrected chi connectivity index (χ2v) is 4.51. The van der Waals surface area contributed by atoms with E-state index in [2.05, 4.69) is 10.3 Å². The number of carbonyl (C=O) groups excluding carboxylic acids is 1. The second-order valence-electron chi connectivity index (χ2n) is 4.51. The SMILES string of the molecule is COc1ccccc1CNC(=O)Cc1oc(C)nc1C. The van der Waals surface area contributed by atoms with Crippen molar-refractivity contribution in [3.8, 4) is 5.75 Å². The van der Waals surface area contributed by atoms with Crippen LogP contribution in [0.4, 0.5) is 0 Å². The van der Waals surface area contributed by atoms with Gasteiger partial charge in [-0.25, -0.2) is 4.98 Å². The fourth-order valence-corrected chi connectivity index (χ4v) is 1.99. The van der Waals surface area contributed by atoms with Gasteiger partial charge < -0.3 is 14.5 Å². The van der Waals surface area contributed by atoms with Crippen LogP contribution in [-0.4, -0.2) is 18.0 Å². The number of benzene rings is 1. The summed E-state index contributed by atoms with van der Waals surface area (Å²) in [5.41, 5.74) is 1.70. The first-order chi connectivity index (χ1) is 9.60. The number of aromatic nitrogens is 1. The highest BCUT2D eigenvalue weighted by atomic mass is 16.5. The molecule has 0 spiro atoms. The van der Waals surface area contributed by atoms with Gasteiger partial charge in [-0.15, -0.1) is 0 Å². The van der Waals surface area contributed by atoms with Crippen molar-refractivity contribution in [1.29, 1.82) is 0 Å². The van der Waals surface area contributed by atoms with Crippen LogP contribution in [0.25, 0.3) is 0 Å². The van der Waals surface area contributed by atoms with Gasteiger partial charge in [-0.3, -0.25) is 4.79 Å². The molecule has 1 aromatic carbocycles. The van der Waals surface area contributed by atoms with Gasteiger partial charge in [0.1, 0.15) is 11.5 Å². The number of para-hydroxylation sites is 1. The molecule has 0 saturated carbocycles. The summed E-state index contributed by atoms with van der Waals surface area (Å²) in [6, 6.07) is 7.59. The van der Waals surface area contributed by atoms with Crippen molar-refractivity contribution < 1.29 is 13.9 Å². The zero-order valence-electron chi connectivity index (χ0n) is 11.9. The number of ether oxygens (including phenoxy) is 1. The molecule has 2 aromatic rings. The van der Waals surface area contributed by atoms with Gasteiger partial charge in [-0.05, 0) is 13.0 Å². The van der Waals surface area contributed by atoms with Gasteiger partial charge in [-0.1, -0.05) is 18.2 Å². The molecule has 0 atom stereocenters. The molecule has 0 aliphatic heterocycles. The summed E-state index contributed by atoms with van der Waals surface area (Å²) in [5.74, 6) is 1.85. The van der Waals surface area contributed by atoms with E-state index in [9.17, 15) is 4.79 Å². The summed E-state index contributed by atoms with van der Waals surface area (Å²) < 4.78 is 10.6. The quantitative estimate of drug-likeness (QED) is 0.907. The van der Waals surface area contributed by atoms with Crippen LogP contribution >= 0.6 is 0 Å². The summed E-state index contributed by atoms with van der Waals surface area (Å²) in [7, 11) is 1.61. The topological polar surface area (TPSA) is 64.4 Å². The van der Waals surface area contributed by atoms with Crippen LogP contribution in [0.1, 0.15) is 22.9 Å². The van der Waals surface area contributed by atoms with Gasteiger partial charge in [0.2, 0.25) is 5.91 Å². The lowest BCUT2D eigenvalue weighted by Crippen LogP contribution is -2.24. The maximum atomic E-state index is 11.9. The lowest BCUT2D eigenvalue weighted by atomic mass is 10.2. The predicted octanol–water partition coefficient (Wildman–Crippen LogP) is 2.16. The van der Waals surface area contributed by atoms with Crippen LogP contribution in [0, 0.1) is 13.8 Å². The van der Waals surface area contributed by atoms with E-state index in [0.717, 1.165) is 17.0 Å². The Balaban J connectivity index is 1.94. The van der Waals surface area contributed by atoms with E-state index in [0.29, 0.717) is 18.2 Å². The Morgan fingerprint density at radius 2 is 2.10 bits per heavy atom. The largest absolute Gasteiger partial charge is 0.496 e. The minimum atomic E-state index is -0.102. The average molecular weight is 274 g/mol.